The van der Waals surface area contributed by atoms with E-state index in [-0.39, 0.29) is 16.1 Å². The maximum Gasteiger partial charge on any atom is 0.417 e. The van der Waals surface area contributed by atoms with Crippen LogP contribution >= 0.6 is 0 Å². The van der Waals surface area contributed by atoms with Crippen LogP contribution in [0.25, 0.3) is 11.4 Å². The predicted molar refractivity (Wildman–Crippen MR) is 143 cm³/mol. The van der Waals surface area contributed by atoms with Crippen LogP contribution in [0.2, 0.25) is 0 Å². The summed E-state index contributed by atoms with van der Waals surface area (Å²) in [5.41, 5.74) is 2.37. The second-order valence-corrected chi connectivity index (χ2v) is 9.47. The first-order chi connectivity index (χ1) is 19.1. The van der Waals surface area contributed by atoms with Gasteiger partial charge in [-0.05, 0) is 31.2 Å². The van der Waals surface area contributed by atoms with Crippen LogP contribution in [0.3, 0.4) is 0 Å². The van der Waals surface area contributed by atoms with Gasteiger partial charge in [-0.3, -0.25) is 10.1 Å². The zero-order valence-corrected chi connectivity index (χ0v) is 21.7. The lowest BCUT2D eigenvalue weighted by atomic mass is 10.1. The largest absolute Gasteiger partial charge is 0.485 e. The lowest BCUT2D eigenvalue weighted by molar-refractivity contribution is 0.0295. The highest BCUT2D eigenvalue weighted by Gasteiger charge is 2.46. The number of nitrogens with one attached hydrogen (secondary N) is 1. The molecule has 4 bridgehead atoms. The molecule has 202 valence electrons. The van der Waals surface area contributed by atoms with Gasteiger partial charge in [0.1, 0.15) is 24.5 Å². The number of aromatic nitrogens is 2. The molecule has 0 atom stereocenters. The number of hydrogen-bond donors (Lipinski definition) is 1. The fourth-order valence-corrected chi connectivity index (χ4v) is 5.28. The number of rotatable bonds is 5. The topological polar surface area (TPSA) is 112 Å². The van der Waals surface area contributed by atoms with Crippen molar-refractivity contribution in [3.63, 3.8) is 0 Å². The Labute approximate surface area is 225 Å². The van der Waals surface area contributed by atoms with E-state index in [1.807, 2.05) is 31.2 Å². The van der Waals surface area contributed by atoms with Crippen molar-refractivity contribution < 1.29 is 28.5 Å². The van der Waals surface area contributed by atoms with E-state index in [0.717, 1.165) is 11.3 Å². The zero-order chi connectivity index (χ0) is 26.8. The molecular weight excluding hydrogens is 502 g/mol. The molecule has 11 nitrogen and oxygen atoms in total. The van der Waals surface area contributed by atoms with Gasteiger partial charge >= 0.3 is 6.09 Å². The number of morpholine rings is 2. The normalized spacial score (nSPS) is 17.3. The quantitative estimate of drug-likeness (QED) is 0.496. The van der Waals surface area contributed by atoms with Crippen LogP contribution in [0.1, 0.15) is 17.4 Å². The Kier molecular flexibility index (Phi) is 6.86. The minimum Gasteiger partial charge on any atom is -0.485 e. The highest BCUT2D eigenvalue weighted by molar-refractivity contribution is 5.99. The smallest absolute Gasteiger partial charge is 0.417 e. The van der Waals surface area contributed by atoms with Crippen LogP contribution < -0.4 is 19.3 Å². The fourth-order valence-electron chi connectivity index (χ4n) is 5.28. The summed E-state index contributed by atoms with van der Waals surface area (Å²) in [7, 11) is 0. The molecule has 3 aliphatic heterocycles. The molecule has 11 heteroatoms. The van der Waals surface area contributed by atoms with E-state index in [2.05, 4.69) is 5.32 Å². The van der Waals surface area contributed by atoms with Crippen LogP contribution in [0, 0.1) is 0 Å². The van der Waals surface area contributed by atoms with E-state index in [0.29, 0.717) is 88.0 Å². The summed E-state index contributed by atoms with van der Waals surface area (Å²) in [4.78, 5) is 38.1. The van der Waals surface area contributed by atoms with Gasteiger partial charge in [-0.25, -0.2) is 14.3 Å². The third kappa shape index (κ3) is 4.69. The van der Waals surface area contributed by atoms with E-state index < -0.39 is 6.09 Å². The highest BCUT2D eigenvalue weighted by atomic mass is 16.6. The molecule has 3 aromatic rings. The number of carbonyl (C=O) groups is 2. The lowest BCUT2D eigenvalue weighted by Crippen LogP contribution is -2.53. The third-order valence-electron chi connectivity index (χ3n) is 7.18. The van der Waals surface area contributed by atoms with Crippen molar-refractivity contribution in [2.24, 2.45) is 0 Å². The Hall–Kier alpha value is -4.06. The van der Waals surface area contributed by atoms with Crippen LogP contribution in [0.15, 0.2) is 48.5 Å². The third-order valence-corrected chi connectivity index (χ3v) is 7.18. The van der Waals surface area contributed by atoms with E-state index in [4.69, 9.17) is 28.9 Å². The Balaban J connectivity index is 1.45. The number of anilines is 1. The Morgan fingerprint density at radius 2 is 1.74 bits per heavy atom. The second-order valence-electron chi connectivity index (χ2n) is 9.47. The second kappa shape index (κ2) is 10.6. The standard InChI is InChI=1S/C28H29N5O6/c1-2-38-24-23(27(34)32-10-14-36-15-11-32)30-25-19-8-9-21(29-28(35)39-20-6-4-3-5-7-20)22(18-19)33(26(24)31-25)12-16-37-17-13-33/h3-9,18H,2,10-17H2,1H3/p+1. The molecule has 1 spiro atoms. The number of ether oxygens (including phenoxy) is 4. The van der Waals surface area contributed by atoms with Crippen molar-refractivity contribution in [3.8, 4) is 22.9 Å². The van der Waals surface area contributed by atoms with E-state index in [1.165, 1.54) is 0 Å². The van der Waals surface area contributed by atoms with Crippen LogP contribution in [-0.2, 0) is 9.47 Å². The van der Waals surface area contributed by atoms with E-state index in [1.54, 1.807) is 29.2 Å². The summed E-state index contributed by atoms with van der Waals surface area (Å²) in [6.45, 7) is 6.14. The average molecular weight is 533 g/mol. The summed E-state index contributed by atoms with van der Waals surface area (Å²) in [5.74, 6) is 1.61. The molecule has 3 aliphatic rings. The minimum absolute atomic E-state index is 0.210. The van der Waals surface area contributed by atoms with E-state index >= 15 is 0 Å². The SMILES string of the molecule is CCOc1c(C(=O)N2CCOCC2)nc2nc1[N+]1(CCOCC1)c1cc-2ccc1NC(=O)Oc1ccccc1. The molecule has 0 aliphatic carbocycles. The Morgan fingerprint density at radius 3 is 2.49 bits per heavy atom. The van der Waals surface area contributed by atoms with Gasteiger partial charge < -0.3 is 23.8 Å². The van der Waals surface area contributed by atoms with Gasteiger partial charge in [0.15, 0.2) is 17.2 Å². The summed E-state index contributed by atoms with van der Waals surface area (Å²) in [6, 6.07) is 14.5. The van der Waals surface area contributed by atoms with Gasteiger partial charge in [0.2, 0.25) is 5.75 Å². The summed E-state index contributed by atoms with van der Waals surface area (Å²) in [6.07, 6.45) is -0.605. The Bertz CT molecular complexity index is 1390. The number of hydrogen-bond acceptors (Lipinski definition) is 8. The Morgan fingerprint density at radius 1 is 1.00 bits per heavy atom. The van der Waals surface area contributed by atoms with Gasteiger partial charge in [-0.15, -0.1) is 0 Å². The molecule has 2 fully saturated rings. The van der Waals surface area contributed by atoms with Crippen molar-refractivity contribution in [1.29, 1.82) is 0 Å². The van der Waals surface area contributed by atoms with Gasteiger partial charge in [-0.2, -0.15) is 4.98 Å². The molecule has 2 saturated heterocycles. The summed E-state index contributed by atoms with van der Waals surface area (Å²) >= 11 is 0. The number of amides is 2. The van der Waals surface area contributed by atoms with Gasteiger partial charge in [0, 0.05) is 24.7 Å². The molecule has 1 N–H and O–H groups in total. The van der Waals surface area contributed by atoms with Crippen LogP contribution in [0.5, 0.6) is 11.5 Å². The first kappa shape index (κ1) is 25.2. The van der Waals surface area contributed by atoms with Crippen LogP contribution in [-0.4, -0.2) is 86.1 Å². The maximum atomic E-state index is 13.7. The predicted octanol–water partition coefficient (Wildman–Crippen LogP) is 3.61. The highest BCUT2D eigenvalue weighted by Crippen LogP contribution is 2.49. The minimum atomic E-state index is -0.605. The molecule has 4 heterocycles. The molecule has 0 unspecified atom stereocenters. The monoisotopic (exact) mass is 532 g/mol. The molecule has 39 heavy (non-hydrogen) atoms. The number of carbonyl (C=O) groups excluding carboxylic acids is 2. The van der Waals surface area contributed by atoms with Crippen molar-refractivity contribution >= 4 is 29.2 Å². The number of nitrogens with zero attached hydrogens (tertiary/aromatic N) is 4. The number of fused-ring (bicyclic) bond motifs is 7. The molecule has 2 amide bonds. The van der Waals surface area contributed by atoms with E-state index in [9.17, 15) is 9.59 Å². The zero-order valence-electron chi connectivity index (χ0n) is 21.7. The van der Waals surface area contributed by atoms with Crippen molar-refractivity contribution in [3.05, 3.63) is 54.2 Å². The number of benzene rings is 2. The molecule has 2 aromatic carbocycles. The van der Waals surface area contributed by atoms with Crippen LogP contribution in [0.4, 0.5) is 22.0 Å². The average Bonchev–Trinajstić information content (AvgIpc) is 3.05. The first-order valence-corrected chi connectivity index (χ1v) is 13.1. The maximum absolute atomic E-state index is 13.7. The first-order valence-electron chi connectivity index (χ1n) is 13.1. The molecular formula is C28H30N5O6+. The van der Waals surface area contributed by atoms with Gasteiger partial charge in [0.05, 0.1) is 33.0 Å². The molecule has 1 aromatic heterocycles. The van der Waals surface area contributed by atoms with Crippen molar-refractivity contribution in [2.45, 2.75) is 6.92 Å². The summed E-state index contributed by atoms with van der Waals surface area (Å²) in [5, 5.41) is 2.92. The van der Waals surface area contributed by atoms with Gasteiger partial charge in [-0.1, -0.05) is 18.2 Å². The fraction of sp³-hybridized carbons (Fsp3) is 0.357. The van der Waals surface area contributed by atoms with Gasteiger partial charge in [0.25, 0.3) is 11.7 Å². The summed E-state index contributed by atoms with van der Waals surface area (Å²) < 4.78 is 23.1. The molecule has 0 radical (unpaired) electrons. The van der Waals surface area contributed by atoms with Crippen molar-refractivity contribution in [1.82, 2.24) is 19.4 Å². The van der Waals surface area contributed by atoms with Crippen molar-refractivity contribution in [2.75, 3.05) is 64.5 Å². The molecule has 0 saturated carbocycles. The number of quaternary nitrogens is 1. The number of para-hydroxylation sites is 1. The molecule has 6 rings (SSSR count). The lowest BCUT2D eigenvalue weighted by Gasteiger charge is -2.40.